The van der Waals surface area contributed by atoms with Gasteiger partial charge in [-0.1, -0.05) is 64.1 Å². The average molecular weight is 308 g/mol. The molecule has 4 heteroatoms. The average Bonchev–Trinajstić information content (AvgIpc) is 3.07. The van der Waals surface area contributed by atoms with Crippen molar-refractivity contribution in [1.29, 1.82) is 0 Å². The minimum absolute atomic E-state index is 0.121. The number of Topliss-reactive ketones (excluding diaryl/α,β-unsaturated/α-hetero) is 1. The van der Waals surface area contributed by atoms with Crippen molar-refractivity contribution in [2.45, 2.75) is 34.6 Å². The molecule has 3 nitrogen and oxygen atoms in total. The number of carbonyl (C=O) groups excluding carboxylic acids is 1. The molecular formula is C17H24O3S. The molecule has 0 radical (unpaired) electrons. The normalized spacial score (nSPS) is 7.86. The van der Waals surface area contributed by atoms with Gasteiger partial charge in [-0.15, -0.1) is 11.3 Å². The summed E-state index contributed by atoms with van der Waals surface area (Å²) < 4.78 is 0. The lowest BCUT2D eigenvalue weighted by Gasteiger charge is -1.89. The van der Waals surface area contributed by atoms with Crippen molar-refractivity contribution in [3.8, 4) is 0 Å². The Hall–Kier alpha value is -1.94. The van der Waals surface area contributed by atoms with Crippen LogP contribution in [0.1, 0.15) is 54.6 Å². The van der Waals surface area contributed by atoms with Gasteiger partial charge in [0.15, 0.2) is 5.78 Å². The van der Waals surface area contributed by atoms with Crippen molar-refractivity contribution in [2.75, 3.05) is 0 Å². The van der Waals surface area contributed by atoms with Gasteiger partial charge in [0, 0.05) is 5.56 Å². The molecule has 1 N–H and O–H groups in total. The Morgan fingerprint density at radius 3 is 1.67 bits per heavy atom. The molecule has 116 valence electrons. The largest absolute Gasteiger partial charge is 0.477 e. The summed E-state index contributed by atoms with van der Waals surface area (Å²) in [5.74, 6) is -0.726. The highest BCUT2D eigenvalue weighted by Crippen LogP contribution is 2.06. The van der Waals surface area contributed by atoms with Crippen LogP contribution < -0.4 is 0 Å². The van der Waals surface area contributed by atoms with E-state index < -0.39 is 5.97 Å². The Bertz CT molecular complexity index is 476. The Morgan fingerprint density at radius 2 is 1.43 bits per heavy atom. The molecule has 2 rings (SSSR count). The van der Waals surface area contributed by atoms with Gasteiger partial charge in [0.25, 0.3) is 0 Å². The van der Waals surface area contributed by atoms with Crippen LogP contribution >= 0.6 is 11.3 Å². The molecule has 1 aromatic heterocycles. The fourth-order valence-electron chi connectivity index (χ4n) is 1.07. The first-order valence-corrected chi connectivity index (χ1v) is 7.82. The summed E-state index contributed by atoms with van der Waals surface area (Å²) in [7, 11) is 0. The van der Waals surface area contributed by atoms with E-state index in [2.05, 4.69) is 0 Å². The predicted molar refractivity (Wildman–Crippen MR) is 90.4 cm³/mol. The van der Waals surface area contributed by atoms with Gasteiger partial charge in [-0.2, -0.15) is 0 Å². The fourth-order valence-corrected chi connectivity index (χ4v) is 1.63. The monoisotopic (exact) mass is 308 g/mol. The van der Waals surface area contributed by atoms with Crippen molar-refractivity contribution in [1.82, 2.24) is 0 Å². The molecule has 0 amide bonds. The third kappa shape index (κ3) is 10.5. The molecule has 2 aromatic rings. The maximum absolute atomic E-state index is 10.6. The van der Waals surface area contributed by atoms with Crippen LogP contribution in [-0.4, -0.2) is 16.9 Å². The van der Waals surface area contributed by atoms with Gasteiger partial charge in [-0.05, 0) is 18.4 Å². The van der Waals surface area contributed by atoms with Gasteiger partial charge in [0.05, 0.1) is 0 Å². The van der Waals surface area contributed by atoms with Crippen molar-refractivity contribution < 1.29 is 14.7 Å². The lowest BCUT2D eigenvalue weighted by atomic mass is 10.2. The number of carbonyl (C=O) groups is 2. The predicted octanol–water partition coefficient (Wildman–Crippen LogP) is 5.39. The highest BCUT2D eigenvalue weighted by Gasteiger charge is 1.99. The van der Waals surface area contributed by atoms with Crippen LogP contribution in [0.4, 0.5) is 0 Å². The van der Waals surface area contributed by atoms with E-state index in [4.69, 9.17) is 5.11 Å². The first-order chi connectivity index (χ1) is 10.1. The summed E-state index contributed by atoms with van der Waals surface area (Å²) in [4.78, 5) is 21.1. The Kier molecular flexibility index (Phi) is 14.7. The van der Waals surface area contributed by atoms with Crippen molar-refractivity contribution in [2.24, 2.45) is 0 Å². The Labute approximate surface area is 131 Å². The number of aromatic carboxylic acids is 1. The third-order valence-electron chi connectivity index (χ3n) is 1.91. The van der Waals surface area contributed by atoms with E-state index in [-0.39, 0.29) is 5.78 Å². The zero-order valence-electron chi connectivity index (χ0n) is 13.3. The zero-order chi connectivity index (χ0) is 16.7. The number of benzene rings is 1. The van der Waals surface area contributed by atoms with Crippen LogP contribution in [-0.2, 0) is 0 Å². The molecule has 0 saturated carbocycles. The van der Waals surface area contributed by atoms with Crippen LogP contribution in [0.3, 0.4) is 0 Å². The molecule has 0 spiro atoms. The molecule has 1 heterocycles. The molecule has 1 aromatic carbocycles. The molecule has 0 fully saturated rings. The molecular weight excluding hydrogens is 284 g/mol. The molecule has 0 aliphatic heterocycles. The number of hydrogen-bond donors (Lipinski definition) is 1. The highest BCUT2D eigenvalue weighted by atomic mass is 32.1. The first-order valence-electron chi connectivity index (χ1n) is 6.94. The summed E-state index contributed by atoms with van der Waals surface area (Å²) in [6.45, 7) is 9.56. The van der Waals surface area contributed by atoms with Crippen LogP contribution in [0.2, 0.25) is 0 Å². The highest BCUT2D eigenvalue weighted by molar-refractivity contribution is 7.11. The smallest absolute Gasteiger partial charge is 0.345 e. The maximum Gasteiger partial charge on any atom is 0.345 e. The summed E-state index contributed by atoms with van der Waals surface area (Å²) >= 11 is 1.23. The van der Waals surface area contributed by atoms with Crippen LogP contribution in [0, 0.1) is 0 Å². The summed E-state index contributed by atoms with van der Waals surface area (Å²) in [6, 6.07) is 12.5. The number of carboxylic acid groups (broad SMARTS) is 1. The van der Waals surface area contributed by atoms with E-state index >= 15 is 0 Å². The molecule has 0 atom stereocenters. The molecule has 21 heavy (non-hydrogen) atoms. The molecule has 0 bridgehead atoms. The van der Waals surface area contributed by atoms with Crippen molar-refractivity contribution >= 4 is 23.1 Å². The minimum atomic E-state index is -0.847. The minimum Gasteiger partial charge on any atom is -0.477 e. The van der Waals surface area contributed by atoms with Gasteiger partial charge in [-0.25, -0.2) is 4.79 Å². The van der Waals surface area contributed by atoms with Gasteiger partial charge in [0.2, 0.25) is 0 Å². The Balaban J connectivity index is 0. The lowest BCUT2D eigenvalue weighted by Crippen LogP contribution is -1.89. The first kappa shape index (κ1) is 21.4. The summed E-state index contributed by atoms with van der Waals surface area (Å²) in [5.41, 5.74) is 0.775. The number of carboxylic acids is 1. The second-order valence-corrected chi connectivity index (χ2v) is 4.15. The number of ketones is 1. The molecule has 0 unspecified atom stereocenters. The van der Waals surface area contributed by atoms with E-state index in [0.29, 0.717) is 4.88 Å². The lowest BCUT2D eigenvalue weighted by molar-refractivity contribution is 0.0702. The molecule has 0 aliphatic rings. The van der Waals surface area contributed by atoms with E-state index in [1.165, 1.54) is 11.3 Å². The van der Waals surface area contributed by atoms with Crippen molar-refractivity contribution in [3.05, 3.63) is 58.3 Å². The molecule has 0 saturated heterocycles. The van der Waals surface area contributed by atoms with E-state index in [1.54, 1.807) is 24.4 Å². The topological polar surface area (TPSA) is 54.4 Å². The van der Waals surface area contributed by atoms with Crippen LogP contribution in [0.5, 0.6) is 0 Å². The maximum atomic E-state index is 10.6. The number of rotatable bonds is 2. The SMILES string of the molecule is CC.CC.CC(=O)c1ccccc1.O=C(O)c1cccs1. The summed E-state index contributed by atoms with van der Waals surface area (Å²) in [5, 5.41) is 10.0. The van der Waals surface area contributed by atoms with Gasteiger partial charge in [0.1, 0.15) is 4.88 Å². The standard InChI is InChI=1S/C8H8O.C5H4O2S.2C2H6/c1-7(9)8-5-3-2-4-6-8;6-5(7)4-2-1-3-8-4;2*1-2/h2-6H,1H3;1-3H,(H,6,7);2*1-2H3. The van der Waals surface area contributed by atoms with Crippen molar-refractivity contribution in [3.63, 3.8) is 0 Å². The van der Waals surface area contributed by atoms with E-state index in [9.17, 15) is 9.59 Å². The second kappa shape index (κ2) is 14.5. The van der Waals surface area contributed by atoms with Crippen LogP contribution in [0.15, 0.2) is 47.8 Å². The van der Waals surface area contributed by atoms with Gasteiger partial charge < -0.3 is 5.11 Å². The van der Waals surface area contributed by atoms with Gasteiger partial charge in [-0.3, -0.25) is 4.79 Å². The van der Waals surface area contributed by atoms with E-state index in [0.717, 1.165) is 5.56 Å². The summed E-state index contributed by atoms with van der Waals surface area (Å²) in [6.07, 6.45) is 0. The van der Waals surface area contributed by atoms with E-state index in [1.807, 2.05) is 58.0 Å². The van der Waals surface area contributed by atoms with Gasteiger partial charge >= 0.3 is 5.97 Å². The quantitative estimate of drug-likeness (QED) is 0.757. The Morgan fingerprint density at radius 1 is 0.905 bits per heavy atom. The third-order valence-corrected chi connectivity index (χ3v) is 2.77. The fraction of sp³-hybridized carbons (Fsp3) is 0.294. The number of thiophene rings is 1. The second-order valence-electron chi connectivity index (χ2n) is 3.20. The zero-order valence-corrected chi connectivity index (χ0v) is 14.1. The molecule has 0 aliphatic carbocycles. The number of hydrogen-bond acceptors (Lipinski definition) is 3. The van der Waals surface area contributed by atoms with Crippen LogP contribution in [0.25, 0.3) is 0 Å².